The molecular formula is C17H30N2OS. The molecule has 0 atom stereocenters. The van der Waals surface area contributed by atoms with Crippen molar-refractivity contribution >= 4 is 11.8 Å². The molecular weight excluding hydrogens is 280 g/mol. The molecule has 0 heterocycles. The van der Waals surface area contributed by atoms with E-state index in [-0.39, 0.29) is 0 Å². The first kappa shape index (κ1) is 18.5. The molecule has 1 aromatic carbocycles. The minimum absolute atomic E-state index is 0.760. The van der Waals surface area contributed by atoms with E-state index >= 15 is 0 Å². The number of aryl methyl sites for hydroxylation is 1. The molecule has 120 valence electrons. The quantitative estimate of drug-likeness (QED) is 0.501. The minimum Gasteiger partial charge on any atom is -0.383 e. The first-order valence-corrected chi connectivity index (χ1v) is 8.84. The zero-order valence-electron chi connectivity index (χ0n) is 13.9. The average Bonchev–Trinajstić information content (AvgIpc) is 2.50. The minimum atomic E-state index is 0.760. The van der Waals surface area contributed by atoms with E-state index in [9.17, 15) is 0 Å². The summed E-state index contributed by atoms with van der Waals surface area (Å²) in [5, 5.41) is 3.44. The maximum absolute atomic E-state index is 5.08. The van der Waals surface area contributed by atoms with Gasteiger partial charge in [0.05, 0.1) is 6.61 Å². The van der Waals surface area contributed by atoms with Gasteiger partial charge in [-0.2, -0.15) is 0 Å². The molecule has 0 fully saturated rings. The van der Waals surface area contributed by atoms with Crippen LogP contribution in [0.2, 0.25) is 0 Å². The summed E-state index contributed by atoms with van der Waals surface area (Å²) >= 11 is 1.97. The Labute approximate surface area is 134 Å². The molecule has 0 aromatic heterocycles. The van der Waals surface area contributed by atoms with Gasteiger partial charge in [0.2, 0.25) is 0 Å². The Bertz CT molecular complexity index is 394. The molecule has 0 aliphatic carbocycles. The largest absolute Gasteiger partial charge is 0.383 e. The van der Waals surface area contributed by atoms with E-state index in [0.29, 0.717) is 0 Å². The van der Waals surface area contributed by atoms with Gasteiger partial charge in [-0.3, -0.25) is 0 Å². The van der Waals surface area contributed by atoms with Crippen LogP contribution in [0.5, 0.6) is 0 Å². The SMILES string of the molecule is CCN(CC)CCSc1ccc(C)cc1CNCCOC. The van der Waals surface area contributed by atoms with E-state index in [1.54, 1.807) is 7.11 Å². The van der Waals surface area contributed by atoms with Crippen LogP contribution < -0.4 is 5.32 Å². The van der Waals surface area contributed by atoms with Gasteiger partial charge < -0.3 is 15.0 Å². The van der Waals surface area contributed by atoms with E-state index in [1.807, 2.05) is 11.8 Å². The van der Waals surface area contributed by atoms with E-state index in [1.165, 1.54) is 16.0 Å². The third-order valence-electron chi connectivity index (χ3n) is 3.57. The number of nitrogens with zero attached hydrogens (tertiary/aromatic N) is 1. The van der Waals surface area contributed by atoms with Crippen molar-refractivity contribution in [2.24, 2.45) is 0 Å². The number of hydrogen-bond donors (Lipinski definition) is 1. The summed E-state index contributed by atoms with van der Waals surface area (Å²) in [4.78, 5) is 3.87. The first-order valence-electron chi connectivity index (χ1n) is 7.85. The average molecular weight is 311 g/mol. The van der Waals surface area contributed by atoms with Gasteiger partial charge in [-0.1, -0.05) is 31.5 Å². The second-order valence-electron chi connectivity index (χ2n) is 5.16. The number of benzene rings is 1. The number of rotatable bonds is 11. The summed E-state index contributed by atoms with van der Waals surface area (Å²) < 4.78 is 5.08. The molecule has 0 aliphatic heterocycles. The Kier molecular flexibility index (Phi) is 9.76. The highest BCUT2D eigenvalue weighted by Crippen LogP contribution is 2.24. The van der Waals surface area contributed by atoms with Crippen LogP contribution in [-0.2, 0) is 11.3 Å². The van der Waals surface area contributed by atoms with Crippen molar-refractivity contribution in [1.29, 1.82) is 0 Å². The molecule has 21 heavy (non-hydrogen) atoms. The molecule has 0 saturated carbocycles. The molecule has 1 rings (SSSR count). The van der Waals surface area contributed by atoms with Gasteiger partial charge >= 0.3 is 0 Å². The molecule has 0 amide bonds. The van der Waals surface area contributed by atoms with Crippen LogP contribution in [0, 0.1) is 6.92 Å². The fourth-order valence-electron chi connectivity index (χ4n) is 2.21. The van der Waals surface area contributed by atoms with E-state index in [2.05, 4.69) is 49.2 Å². The smallest absolute Gasteiger partial charge is 0.0587 e. The number of hydrogen-bond acceptors (Lipinski definition) is 4. The predicted molar refractivity (Wildman–Crippen MR) is 93.3 cm³/mol. The van der Waals surface area contributed by atoms with Gasteiger partial charge in [0, 0.05) is 37.4 Å². The van der Waals surface area contributed by atoms with Crippen LogP contribution in [0.3, 0.4) is 0 Å². The maximum Gasteiger partial charge on any atom is 0.0587 e. The topological polar surface area (TPSA) is 24.5 Å². The molecule has 0 radical (unpaired) electrons. The van der Waals surface area contributed by atoms with E-state index in [0.717, 1.165) is 45.1 Å². The molecule has 1 aromatic rings. The monoisotopic (exact) mass is 310 g/mol. The Morgan fingerprint density at radius 1 is 1.24 bits per heavy atom. The zero-order valence-corrected chi connectivity index (χ0v) is 14.8. The van der Waals surface area contributed by atoms with Crippen molar-refractivity contribution in [3.63, 3.8) is 0 Å². The van der Waals surface area contributed by atoms with Gasteiger partial charge in [0.25, 0.3) is 0 Å². The molecule has 0 unspecified atom stereocenters. The van der Waals surface area contributed by atoms with Crippen LogP contribution in [0.1, 0.15) is 25.0 Å². The highest BCUT2D eigenvalue weighted by molar-refractivity contribution is 7.99. The molecule has 0 aliphatic rings. The Morgan fingerprint density at radius 3 is 2.67 bits per heavy atom. The lowest BCUT2D eigenvalue weighted by atomic mass is 10.1. The standard InChI is InChI=1S/C17H30N2OS/c1-5-19(6-2)10-12-21-17-8-7-15(3)13-16(17)14-18-9-11-20-4/h7-8,13,18H,5-6,9-12,14H2,1-4H3. The van der Waals surface area contributed by atoms with Crippen LogP contribution >= 0.6 is 11.8 Å². The molecule has 4 heteroatoms. The molecule has 0 spiro atoms. The summed E-state index contributed by atoms with van der Waals surface area (Å²) in [6.07, 6.45) is 0. The Hall–Kier alpha value is -0.550. The lowest BCUT2D eigenvalue weighted by Gasteiger charge is -2.18. The predicted octanol–water partition coefficient (Wildman–Crippen LogP) is 3.16. The number of nitrogens with one attached hydrogen (secondary N) is 1. The highest BCUT2D eigenvalue weighted by Gasteiger charge is 2.05. The van der Waals surface area contributed by atoms with Crippen molar-refractivity contribution in [2.45, 2.75) is 32.2 Å². The fourth-order valence-corrected chi connectivity index (χ4v) is 3.26. The van der Waals surface area contributed by atoms with Crippen molar-refractivity contribution in [3.05, 3.63) is 29.3 Å². The number of ether oxygens (including phenoxy) is 1. The Balaban J connectivity index is 2.51. The van der Waals surface area contributed by atoms with Gasteiger partial charge in [-0.25, -0.2) is 0 Å². The normalized spacial score (nSPS) is 11.3. The second kappa shape index (κ2) is 11.1. The van der Waals surface area contributed by atoms with Crippen molar-refractivity contribution in [1.82, 2.24) is 10.2 Å². The molecule has 0 saturated heterocycles. The first-order chi connectivity index (χ1) is 10.2. The maximum atomic E-state index is 5.08. The fraction of sp³-hybridized carbons (Fsp3) is 0.647. The summed E-state index contributed by atoms with van der Waals surface area (Å²) in [6.45, 7) is 12.6. The van der Waals surface area contributed by atoms with Gasteiger partial charge in [0.1, 0.15) is 0 Å². The van der Waals surface area contributed by atoms with Crippen LogP contribution in [0.4, 0.5) is 0 Å². The number of thioether (sulfide) groups is 1. The number of methoxy groups -OCH3 is 1. The van der Waals surface area contributed by atoms with Gasteiger partial charge in [-0.15, -0.1) is 11.8 Å². The third-order valence-corrected chi connectivity index (χ3v) is 4.67. The highest BCUT2D eigenvalue weighted by atomic mass is 32.2. The molecule has 3 nitrogen and oxygen atoms in total. The zero-order chi connectivity index (χ0) is 15.5. The second-order valence-corrected chi connectivity index (χ2v) is 6.29. The Morgan fingerprint density at radius 2 is 2.00 bits per heavy atom. The third kappa shape index (κ3) is 7.32. The summed E-state index contributed by atoms with van der Waals surface area (Å²) in [5.74, 6) is 1.15. The van der Waals surface area contributed by atoms with Crippen molar-refractivity contribution in [2.75, 3.05) is 45.6 Å². The van der Waals surface area contributed by atoms with E-state index < -0.39 is 0 Å². The van der Waals surface area contributed by atoms with Crippen molar-refractivity contribution in [3.8, 4) is 0 Å². The van der Waals surface area contributed by atoms with Crippen LogP contribution in [-0.4, -0.2) is 50.5 Å². The van der Waals surface area contributed by atoms with E-state index in [4.69, 9.17) is 4.74 Å². The molecule has 0 bridgehead atoms. The lowest BCUT2D eigenvalue weighted by molar-refractivity contribution is 0.199. The van der Waals surface area contributed by atoms with Crippen LogP contribution in [0.25, 0.3) is 0 Å². The lowest BCUT2D eigenvalue weighted by Crippen LogP contribution is -2.25. The van der Waals surface area contributed by atoms with Gasteiger partial charge in [0.15, 0.2) is 0 Å². The van der Waals surface area contributed by atoms with Crippen LogP contribution in [0.15, 0.2) is 23.1 Å². The summed E-state index contributed by atoms with van der Waals surface area (Å²) in [7, 11) is 1.74. The summed E-state index contributed by atoms with van der Waals surface area (Å²) in [5.41, 5.74) is 2.72. The summed E-state index contributed by atoms with van der Waals surface area (Å²) in [6, 6.07) is 6.76. The van der Waals surface area contributed by atoms with Gasteiger partial charge in [-0.05, 0) is 31.6 Å². The molecule has 1 N–H and O–H groups in total. The van der Waals surface area contributed by atoms with Crippen molar-refractivity contribution < 1.29 is 4.74 Å².